The Labute approximate surface area is 154 Å². The molecule has 1 saturated heterocycles. The molecule has 9 heteroatoms. The van der Waals surface area contributed by atoms with Crippen LogP contribution < -0.4 is 10.1 Å². The third-order valence-corrected chi connectivity index (χ3v) is 5.99. The summed E-state index contributed by atoms with van der Waals surface area (Å²) in [7, 11) is -1.64. The van der Waals surface area contributed by atoms with E-state index in [2.05, 4.69) is 5.32 Å². The smallest absolute Gasteiger partial charge is 0.251 e. The van der Waals surface area contributed by atoms with Crippen molar-refractivity contribution >= 4 is 15.9 Å². The fourth-order valence-electron chi connectivity index (χ4n) is 3.09. The van der Waals surface area contributed by atoms with E-state index in [0.717, 1.165) is 0 Å². The Morgan fingerprint density at radius 3 is 2.27 bits per heavy atom. The second-order valence-electron chi connectivity index (χ2n) is 6.44. The number of aliphatic hydroxyl groups excluding tert-OH is 1. The molecule has 0 saturated carbocycles. The number of sulfonamides is 1. The normalized spacial score (nSPS) is 18.9. The minimum absolute atomic E-state index is 0.122. The van der Waals surface area contributed by atoms with E-state index >= 15 is 0 Å². The molecule has 0 spiro atoms. The Morgan fingerprint density at radius 1 is 1.23 bits per heavy atom. The van der Waals surface area contributed by atoms with E-state index in [4.69, 9.17) is 4.74 Å². The molecule has 8 nitrogen and oxygen atoms in total. The molecule has 1 aromatic rings. The van der Waals surface area contributed by atoms with Gasteiger partial charge in [-0.05, 0) is 31.2 Å². The Hall–Kier alpha value is -1.68. The maximum atomic E-state index is 12.4. The molecule has 0 aliphatic carbocycles. The predicted octanol–water partition coefficient (Wildman–Crippen LogP) is -0.248. The van der Waals surface area contributed by atoms with Crippen LogP contribution in [0.15, 0.2) is 24.3 Å². The van der Waals surface area contributed by atoms with Crippen LogP contribution >= 0.6 is 0 Å². The Bertz CT molecular complexity index is 700. The third-order valence-electron chi connectivity index (χ3n) is 4.69. The van der Waals surface area contributed by atoms with Crippen molar-refractivity contribution in [2.24, 2.45) is 0 Å². The molecule has 1 aromatic carbocycles. The topological polar surface area (TPSA) is 99.2 Å². The first-order valence-electron chi connectivity index (χ1n) is 8.51. The average molecular weight is 385 g/mol. The number of piperazine rings is 1. The van der Waals surface area contributed by atoms with Gasteiger partial charge in [0, 0.05) is 37.8 Å². The molecule has 1 fully saturated rings. The molecule has 0 aromatic heterocycles. The summed E-state index contributed by atoms with van der Waals surface area (Å²) in [4.78, 5) is 14.4. The molecule has 1 heterocycles. The minimum atomic E-state index is -3.20. The van der Waals surface area contributed by atoms with Crippen LogP contribution in [-0.2, 0) is 10.0 Å². The van der Waals surface area contributed by atoms with E-state index in [1.807, 2.05) is 11.8 Å². The summed E-state index contributed by atoms with van der Waals surface area (Å²) in [5.74, 6) is 0.444. The van der Waals surface area contributed by atoms with Gasteiger partial charge in [0.1, 0.15) is 5.75 Å². The first-order valence-corrected chi connectivity index (χ1v) is 10.4. The van der Waals surface area contributed by atoms with E-state index in [1.165, 1.54) is 10.6 Å². The second kappa shape index (κ2) is 8.81. The lowest BCUT2D eigenvalue weighted by molar-refractivity contribution is 0.0648. The van der Waals surface area contributed by atoms with Crippen molar-refractivity contribution in [1.82, 2.24) is 14.5 Å². The zero-order valence-electron chi connectivity index (χ0n) is 15.4. The van der Waals surface area contributed by atoms with Crippen LogP contribution in [-0.4, -0.2) is 86.9 Å². The van der Waals surface area contributed by atoms with Crippen molar-refractivity contribution in [2.75, 3.05) is 46.2 Å². The Balaban J connectivity index is 1.95. The van der Waals surface area contributed by atoms with E-state index in [9.17, 15) is 18.3 Å². The first kappa shape index (κ1) is 20.6. The van der Waals surface area contributed by atoms with Gasteiger partial charge in [0.25, 0.3) is 5.91 Å². The minimum Gasteiger partial charge on any atom is -0.497 e. The van der Waals surface area contributed by atoms with Crippen LogP contribution in [0.25, 0.3) is 0 Å². The second-order valence-corrected chi connectivity index (χ2v) is 8.42. The van der Waals surface area contributed by atoms with Crippen LogP contribution in [0.1, 0.15) is 17.3 Å². The summed E-state index contributed by atoms with van der Waals surface area (Å²) in [5.41, 5.74) is 0.510. The molecule has 2 N–H and O–H groups in total. The zero-order valence-corrected chi connectivity index (χ0v) is 16.2. The van der Waals surface area contributed by atoms with Gasteiger partial charge in [-0.25, -0.2) is 8.42 Å². The number of benzene rings is 1. The summed E-state index contributed by atoms with van der Waals surface area (Å²) >= 11 is 0. The Morgan fingerprint density at radius 2 is 1.81 bits per heavy atom. The fourth-order valence-corrected chi connectivity index (χ4v) is 3.91. The number of rotatable bonds is 7. The molecular formula is C17H27N3O5S. The molecule has 1 amide bonds. The fraction of sp³-hybridized carbons (Fsp3) is 0.588. The highest BCUT2D eigenvalue weighted by Gasteiger charge is 2.30. The van der Waals surface area contributed by atoms with Crippen molar-refractivity contribution in [1.29, 1.82) is 0 Å². The largest absolute Gasteiger partial charge is 0.497 e. The van der Waals surface area contributed by atoms with E-state index in [-0.39, 0.29) is 24.6 Å². The van der Waals surface area contributed by atoms with Gasteiger partial charge in [0.05, 0.1) is 26.0 Å². The van der Waals surface area contributed by atoms with Crippen LogP contribution in [0.2, 0.25) is 0 Å². The molecular weight excluding hydrogens is 358 g/mol. The quantitative estimate of drug-likeness (QED) is 0.672. The van der Waals surface area contributed by atoms with Crippen molar-refractivity contribution in [2.45, 2.75) is 19.0 Å². The van der Waals surface area contributed by atoms with Crippen LogP contribution in [0, 0.1) is 0 Å². The number of carbonyl (C=O) groups is 1. The van der Waals surface area contributed by atoms with Gasteiger partial charge in [-0.15, -0.1) is 0 Å². The molecule has 0 radical (unpaired) electrons. The molecule has 26 heavy (non-hydrogen) atoms. The number of methoxy groups -OCH3 is 1. The summed E-state index contributed by atoms with van der Waals surface area (Å²) in [6.07, 6.45) is 1.20. The van der Waals surface area contributed by atoms with Gasteiger partial charge in [-0.2, -0.15) is 4.31 Å². The molecule has 0 bridgehead atoms. The Kier molecular flexibility index (Phi) is 6.99. The monoisotopic (exact) mass is 385 g/mol. The maximum Gasteiger partial charge on any atom is 0.251 e. The number of carbonyl (C=O) groups excluding carboxylic acids is 1. The van der Waals surface area contributed by atoms with Gasteiger partial charge in [-0.3, -0.25) is 9.69 Å². The lowest BCUT2D eigenvalue weighted by Crippen LogP contribution is -2.58. The van der Waals surface area contributed by atoms with Crippen LogP contribution in [0.4, 0.5) is 0 Å². The predicted molar refractivity (Wildman–Crippen MR) is 98.8 cm³/mol. The summed E-state index contributed by atoms with van der Waals surface area (Å²) < 4.78 is 29.7. The van der Waals surface area contributed by atoms with Crippen molar-refractivity contribution in [3.63, 3.8) is 0 Å². The SMILES string of the molecule is COc1ccc(C(=O)NC(C)C(CO)N2CCN(S(C)(=O)=O)CC2)cc1. The van der Waals surface area contributed by atoms with Crippen molar-refractivity contribution < 1.29 is 23.1 Å². The van der Waals surface area contributed by atoms with Gasteiger partial charge in [0.15, 0.2) is 0 Å². The molecule has 2 unspecified atom stereocenters. The van der Waals surface area contributed by atoms with Gasteiger partial charge >= 0.3 is 0 Å². The van der Waals surface area contributed by atoms with Crippen LogP contribution in [0.3, 0.4) is 0 Å². The van der Waals surface area contributed by atoms with Crippen molar-refractivity contribution in [3.05, 3.63) is 29.8 Å². The van der Waals surface area contributed by atoms with Gasteiger partial charge in [0.2, 0.25) is 10.0 Å². The lowest BCUT2D eigenvalue weighted by atomic mass is 10.1. The molecule has 2 rings (SSSR count). The summed E-state index contributed by atoms with van der Waals surface area (Å²) in [6, 6.07) is 6.22. The number of nitrogens with zero attached hydrogens (tertiary/aromatic N) is 2. The van der Waals surface area contributed by atoms with E-state index in [1.54, 1.807) is 31.4 Å². The van der Waals surface area contributed by atoms with Gasteiger partial charge in [-0.1, -0.05) is 0 Å². The standard InChI is InChI=1S/C17H27N3O5S/c1-13(18-17(22)14-4-6-15(25-2)7-5-14)16(12-21)19-8-10-20(11-9-19)26(3,23)24/h4-7,13,16,21H,8-12H2,1-3H3,(H,18,22). The highest BCUT2D eigenvalue weighted by molar-refractivity contribution is 7.88. The number of ether oxygens (including phenoxy) is 1. The maximum absolute atomic E-state index is 12.4. The number of aliphatic hydroxyl groups is 1. The molecule has 1 aliphatic heterocycles. The molecule has 146 valence electrons. The highest BCUT2D eigenvalue weighted by Crippen LogP contribution is 2.14. The molecule has 1 aliphatic rings. The number of nitrogens with one attached hydrogen (secondary N) is 1. The summed E-state index contributed by atoms with van der Waals surface area (Å²) in [5, 5.41) is 12.7. The van der Waals surface area contributed by atoms with Gasteiger partial charge < -0.3 is 15.2 Å². The zero-order chi connectivity index (χ0) is 19.3. The first-order chi connectivity index (χ1) is 12.3. The average Bonchev–Trinajstić information content (AvgIpc) is 2.62. The lowest BCUT2D eigenvalue weighted by Gasteiger charge is -2.40. The highest BCUT2D eigenvalue weighted by atomic mass is 32.2. The van der Waals surface area contributed by atoms with Crippen molar-refractivity contribution in [3.8, 4) is 5.75 Å². The van der Waals surface area contributed by atoms with E-state index < -0.39 is 10.0 Å². The number of hydrogen-bond donors (Lipinski definition) is 2. The summed E-state index contributed by atoms with van der Waals surface area (Å²) in [6.45, 7) is 3.51. The third kappa shape index (κ3) is 5.16. The van der Waals surface area contributed by atoms with Crippen LogP contribution in [0.5, 0.6) is 5.75 Å². The number of amides is 1. The van der Waals surface area contributed by atoms with E-state index in [0.29, 0.717) is 37.5 Å². The molecule has 2 atom stereocenters. The number of hydrogen-bond acceptors (Lipinski definition) is 6.